The van der Waals surface area contributed by atoms with Crippen LogP contribution in [0.25, 0.3) is 0 Å². The van der Waals surface area contributed by atoms with Crippen LogP contribution in [0.5, 0.6) is 0 Å². The third kappa shape index (κ3) is 7.17. The van der Waals surface area contributed by atoms with Gasteiger partial charge in [-0.15, -0.1) is 0 Å². The maximum Gasteiger partial charge on any atom is 0.105 e. The Morgan fingerprint density at radius 3 is 2.43 bits per heavy atom. The highest BCUT2D eigenvalue weighted by molar-refractivity contribution is 14.1. The first kappa shape index (κ1) is 8.17. The van der Waals surface area contributed by atoms with Crippen LogP contribution in [0.3, 0.4) is 0 Å². The molecule has 0 aliphatic heterocycles. The minimum absolute atomic E-state index is 0.157. The van der Waals surface area contributed by atoms with Gasteiger partial charge in [-0.05, 0) is 12.8 Å². The first-order valence-corrected chi connectivity index (χ1v) is 4.52. The summed E-state index contributed by atoms with van der Waals surface area (Å²) in [5.74, 6) is 0. The molecule has 1 N–H and O–H groups in total. The molecule has 0 aromatic rings. The molecule has 0 heterocycles. The zero-order valence-corrected chi connectivity index (χ0v) is 7.65. The van der Waals surface area contributed by atoms with Gasteiger partial charge in [0.25, 0.3) is 0 Å². The molecule has 0 radical (unpaired) electrons. The van der Waals surface area contributed by atoms with Crippen LogP contribution >= 0.6 is 38.5 Å². The van der Waals surface area contributed by atoms with Crippen LogP contribution in [-0.2, 0) is 0 Å². The Balaban J connectivity index is 2.68. The topological polar surface area (TPSA) is 20.2 Å². The summed E-state index contributed by atoms with van der Waals surface area (Å²) in [4.78, 5) is 0. The summed E-state index contributed by atoms with van der Waals surface area (Å²) in [6.45, 7) is 0. The Hall–Kier alpha value is 1.17. The summed E-state index contributed by atoms with van der Waals surface area (Å²) in [5.41, 5.74) is 0. The molecule has 0 bridgehead atoms. The minimum atomic E-state index is -0.157. The molecule has 3 heteroatoms. The van der Waals surface area contributed by atoms with Crippen molar-refractivity contribution in [2.45, 2.75) is 17.0 Å². The summed E-state index contributed by atoms with van der Waals surface area (Å²) in [5, 5.41) is 9.64. The number of hydrogen-bond acceptors (Lipinski definition) is 1. The van der Waals surface area contributed by atoms with E-state index >= 15 is 0 Å². The first-order chi connectivity index (χ1) is 3.27. The van der Waals surface area contributed by atoms with Crippen molar-refractivity contribution in [1.82, 2.24) is 0 Å². The van der Waals surface area contributed by atoms with Crippen molar-refractivity contribution in [3.8, 4) is 0 Å². The molecule has 0 saturated heterocycles. The second-order valence-electron chi connectivity index (χ2n) is 1.27. The molecule has 0 aromatic heterocycles. The van der Waals surface area contributed by atoms with Crippen molar-refractivity contribution in [1.29, 1.82) is 0 Å². The second-order valence-corrected chi connectivity index (χ2v) is 3.50. The summed E-state index contributed by atoms with van der Waals surface area (Å²) >= 11 is 5.26. The molecule has 0 aromatic carbocycles. The average Bonchev–Trinajstić information content (AvgIpc) is 1.61. The van der Waals surface area contributed by atoms with Crippen molar-refractivity contribution >= 4 is 38.5 Å². The van der Waals surface area contributed by atoms with Crippen LogP contribution in [0.1, 0.15) is 12.8 Å². The molecule has 0 spiro atoms. The largest absolute Gasteiger partial charge is 0.383 e. The lowest BCUT2D eigenvalue weighted by atomic mass is 10.4. The summed E-state index contributed by atoms with van der Waals surface area (Å²) in [7, 11) is 0. The molecular weight excluding hydrogens is 271 g/mol. The third-order valence-corrected chi connectivity index (χ3v) is 1.76. The van der Waals surface area contributed by atoms with E-state index in [2.05, 4.69) is 15.9 Å². The van der Waals surface area contributed by atoms with Gasteiger partial charge < -0.3 is 5.11 Å². The Morgan fingerprint density at radius 1 is 1.71 bits per heavy atom. The predicted octanol–water partition coefficient (Wildman–Crippen LogP) is 1.91. The summed E-state index contributed by atoms with van der Waals surface area (Å²) in [6, 6.07) is 0. The van der Waals surface area contributed by atoms with Gasteiger partial charge in [0.2, 0.25) is 0 Å². The highest BCUT2D eigenvalue weighted by atomic mass is 127. The van der Waals surface area contributed by atoms with Gasteiger partial charge >= 0.3 is 0 Å². The lowest BCUT2D eigenvalue weighted by molar-refractivity contribution is 0.268. The van der Waals surface area contributed by atoms with E-state index < -0.39 is 0 Å². The van der Waals surface area contributed by atoms with Crippen LogP contribution in [0.2, 0.25) is 0 Å². The Morgan fingerprint density at radius 2 is 2.29 bits per heavy atom. The van der Waals surface area contributed by atoms with Crippen LogP contribution < -0.4 is 0 Å². The molecule has 0 fully saturated rings. The van der Waals surface area contributed by atoms with E-state index in [0.717, 1.165) is 18.2 Å². The van der Waals surface area contributed by atoms with Crippen molar-refractivity contribution in [3.05, 3.63) is 0 Å². The lowest BCUT2D eigenvalue weighted by Gasteiger charge is -1.95. The number of aliphatic hydroxyl groups excluding tert-OH is 1. The molecule has 1 atom stereocenters. The van der Waals surface area contributed by atoms with E-state index in [1.807, 2.05) is 22.6 Å². The molecule has 0 aliphatic carbocycles. The van der Waals surface area contributed by atoms with Crippen LogP contribution in [0.15, 0.2) is 0 Å². The first-order valence-electron chi connectivity index (χ1n) is 2.15. The van der Waals surface area contributed by atoms with E-state index in [1.165, 1.54) is 0 Å². The average molecular weight is 279 g/mol. The Bertz CT molecular complexity index is 40.7. The van der Waals surface area contributed by atoms with E-state index in [-0.39, 0.29) is 4.11 Å². The van der Waals surface area contributed by atoms with Crippen LogP contribution in [0, 0.1) is 0 Å². The summed E-state index contributed by atoms with van der Waals surface area (Å²) < 4.78 is -0.157. The zero-order valence-electron chi connectivity index (χ0n) is 3.90. The molecule has 0 saturated carbocycles. The number of rotatable bonds is 3. The molecule has 1 unspecified atom stereocenters. The fourth-order valence-corrected chi connectivity index (χ4v) is 1.01. The van der Waals surface area contributed by atoms with Gasteiger partial charge in [-0.25, -0.2) is 0 Å². The van der Waals surface area contributed by atoms with Crippen LogP contribution in [-0.4, -0.2) is 14.5 Å². The van der Waals surface area contributed by atoms with Crippen molar-refractivity contribution in [3.63, 3.8) is 0 Å². The van der Waals surface area contributed by atoms with Gasteiger partial charge in [0.1, 0.15) is 4.11 Å². The predicted molar refractivity (Wildman–Crippen MR) is 43.1 cm³/mol. The number of aliphatic hydroxyl groups is 1. The fraction of sp³-hybridized carbons (Fsp3) is 1.00. The Labute approximate surface area is 65.8 Å². The van der Waals surface area contributed by atoms with E-state index in [4.69, 9.17) is 5.11 Å². The fourth-order valence-electron chi connectivity index (χ4n) is 0.246. The normalized spacial score (nSPS) is 14.1. The quantitative estimate of drug-likeness (QED) is 0.618. The minimum Gasteiger partial charge on any atom is -0.383 e. The highest BCUT2D eigenvalue weighted by Crippen LogP contribution is 2.04. The van der Waals surface area contributed by atoms with E-state index in [1.54, 1.807) is 0 Å². The van der Waals surface area contributed by atoms with Gasteiger partial charge in [0.15, 0.2) is 0 Å². The maximum atomic E-state index is 8.65. The standard InChI is InChI=1S/C4H8BrIO/c5-3-1-2-4(6)7/h4,7H,1-3H2. The SMILES string of the molecule is OC(I)CCCBr. The van der Waals surface area contributed by atoms with Gasteiger partial charge in [0, 0.05) is 5.33 Å². The lowest BCUT2D eigenvalue weighted by Crippen LogP contribution is -1.93. The zero-order chi connectivity index (χ0) is 5.70. The molecule has 7 heavy (non-hydrogen) atoms. The number of alkyl halides is 2. The summed E-state index contributed by atoms with van der Waals surface area (Å²) in [6.07, 6.45) is 1.95. The highest BCUT2D eigenvalue weighted by Gasteiger charge is 1.92. The number of hydrogen-bond donors (Lipinski definition) is 1. The van der Waals surface area contributed by atoms with E-state index in [0.29, 0.717) is 0 Å². The molecule has 0 rings (SSSR count). The molecular formula is C4H8BrIO. The van der Waals surface area contributed by atoms with E-state index in [9.17, 15) is 0 Å². The monoisotopic (exact) mass is 278 g/mol. The maximum absolute atomic E-state index is 8.65. The van der Waals surface area contributed by atoms with Gasteiger partial charge in [-0.3, -0.25) is 0 Å². The third-order valence-electron chi connectivity index (χ3n) is 0.576. The van der Waals surface area contributed by atoms with Gasteiger partial charge in [-0.2, -0.15) is 0 Å². The Kier molecular flexibility index (Phi) is 6.20. The van der Waals surface area contributed by atoms with Crippen molar-refractivity contribution < 1.29 is 5.11 Å². The second kappa shape index (κ2) is 5.31. The molecule has 44 valence electrons. The number of halogens is 2. The molecule has 0 aliphatic rings. The van der Waals surface area contributed by atoms with Crippen LogP contribution in [0.4, 0.5) is 0 Å². The van der Waals surface area contributed by atoms with Gasteiger partial charge in [-0.1, -0.05) is 38.5 Å². The molecule has 0 amide bonds. The van der Waals surface area contributed by atoms with Crippen molar-refractivity contribution in [2.24, 2.45) is 0 Å². The van der Waals surface area contributed by atoms with Crippen molar-refractivity contribution in [2.75, 3.05) is 5.33 Å². The smallest absolute Gasteiger partial charge is 0.105 e. The molecule has 1 nitrogen and oxygen atoms in total. The van der Waals surface area contributed by atoms with Gasteiger partial charge in [0.05, 0.1) is 0 Å².